The van der Waals surface area contributed by atoms with Crippen molar-refractivity contribution in [3.05, 3.63) is 0 Å². The molecule has 1 fully saturated rings. The Morgan fingerprint density at radius 2 is 1.11 bits per heavy atom. The van der Waals surface area contributed by atoms with Crippen molar-refractivity contribution in [2.75, 3.05) is 69.1 Å². The fourth-order valence-corrected chi connectivity index (χ4v) is 11.8. The molecule has 0 aromatic carbocycles. The third kappa shape index (κ3) is 26.8. The topological polar surface area (TPSA) is 361 Å². The van der Waals surface area contributed by atoms with E-state index in [1.165, 1.54) is 89.8 Å². The summed E-state index contributed by atoms with van der Waals surface area (Å²) < 4.78 is 11.1. The minimum atomic E-state index is -1.72. The van der Waals surface area contributed by atoms with Crippen molar-refractivity contribution >= 4 is 82.8 Å². The zero-order valence-electron chi connectivity index (χ0n) is 65.0. The lowest BCUT2D eigenvalue weighted by molar-refractivity contribution is -0.163. The summed E-state index contributed by atoms with van der Waals surface area (Å²) in [5, 5.41) is 19.2. The number of nitrogens with zero attached hydrogens (tertiary/aromatic N) is 6. The Morgan fingerprint density at radius 1 is 0.590 bits per heavy atom. The normalized spacial score (nSPS) is 25.4. The van der Waals surface area contributed by atoms with Crippen molar-refractivity contribution < 1.29 is 76.6 Å². The van der Waals surface area contributed by atoms with Gasteiger partial charge in [0.2, 0.25) is 76.8 Å². The van der Waals surface area contributed by atoms with Gasteiger partial charge in [-0.05, 0) is 87.4 Å². The molecule has 15 atom stereocenters. The van der Waals surface area contributed by atoms with Gasteiger partial charge in [0.25, 0.3) is 0 Å². The molecule has 1 aliphatic rings. The van der Waals surface area contributed by atoms with Gasteiger partial charge >= 0.3 is 5.97 Å². The van der Waals surface area contributed by atoms with Crippen LogP contribution in [0.25, 0.3) is 0 Å². The van der Waals surface area contributed by atoms with Crippen molar-refractivity contribution in [2.45, 2.75) is 255 Å². The van der Waals surface area contributed by atoms with E-state index in [0.29, 0.717) is 19.3 Å². The highest BCUT2D eigenvalue weighted by Gasteiger charge is 2.44. The zero-order chi connectivity index (χ0) is 77.2. The van der Waals surface area contributed by atoms with E-state index in [1.54, 1.807) is 62.3 Å². The molecule has 3 unspecified atom stereocenters. The number of methoxy groups -OCH3 is 1. The summed E-state index contributed by atoms with van der Waals surface area (Å²) in [7, 11) is 9.73. The maximum absolute atomic E-state index is 15.1. The van der Waals surface area contributed by atoms with E-state index >= 15 is 4.79 Å². The number of rotatable bonds is 21. The molecule has 7 N–H and O–H groups in total. The van der Waals surface area contributed by atoms with Gasteiger partial charge in [-0.15, -0.1) is 0 Å². The highest BCUT2D eigenvalue weighted by molar-refractivity contribution is 5.98. The van der Waals surface area contributed by atoms with Crippen molar-refractivity contribution in [3.63, 3.8) is 0 Å². The van der Waals surface area contributed by atoms with Crippen LogP contribution >= 0.6 is 0 Å². The zero-order valence-corrected chi connectivity index (χ0v) is 65.0. The molecule has 29 nitrogen and oxygen atoms in total. The van der Waals surface area contributed by atoms with Crippen LogP contribution in [0, 0.1) is 47.3 Å². The highest BCUT2D eigenvalue weighted by Crippen LogP contribution is 2.24. The van der Waals surface area contributed by atoms with Crippen LogP contribution in [0.4, 0.5) is 0 Å². The van der Waals surface area contributed by atoms with Gasteiger partial charge in [-0.2, -0.15) is 0 Å². The molecule has 0 spiro atoms. The second-order valence-electron chi connectivity index (χ2n) is 29.4. The third-order valence-electron chi connectivity index (χ3n) is 19.0. The summed E-state index contributed by atoms with van der Waals surface area (Å²) >= 11 is 0. The van der Waals surface area contributed by atoms with Crippen LogP contribution in [-0.4, -0.2) is 254 Å². The second kappa shape index (κ2) is 42.7. The number of esters is 1. The van der Waals surface area contributed by atoms with Gasteiger partial charge in [0, 0.05) is 75.3 Å². The number of nitrogens with one attached hydrogen (secondary N) is 7. The first kappa shape index (κ1) is 90.6. The lowest BCUT2D eigenvalue weighted by Crippen LogP contribution is -2.61. The molecular formula is C71H127N13O16. The summed E-state index contributed by atoms with van der Waals surface area (Å²) in [5.74, 6) is -12.8. The van der Waals surface area contributed by atoms with E-state index in [0.717, 1.165) is 9.80 Å². The Balaban J connectivity index is 4.29. The molecule has 0 saturated carbocycles. The number of carbonyl (C=O) groups excluding carboxylic acids is 14. The molecule has 0 radical (unpaired) electrons. The van der Waals surface area contributed by atoms with Crippen LogP contribution < -0.4 is 37.2 Å². The molecular weight excluding hydrogens is 1290 g/mol. The number of amides is 13. The van der Waals surface area contributed by atoms with Crippen molar-refractivity contribution in [1.82, 2.24) is 66.6 Å². The highest BCUT2D eigenvalue weighted by atomic mass is 16.5. The van der Waals surface area contributed by atoms with Gasteiger partial charge in [-0.1, -0.05) is 130 Å². The predicted molar refractivity (Wildman–Crippen MR) is 379 cm³/mol. The van der Waals surface area contributed by atoms with Crippen LogP contribution in [-0.2, 0) is 76.6 Å². The van der Waals surface area contributed by atoms with Crippen LogP contribution in [0.15, 0.2) is 0 Å². The van der Waals surface area contributed by atoms with Gasteiger partial charge in [0.1, 0.15) is 79.2 Å². The van der Waals surface area contributed by atoms with E-state index in [1.807, 2.05) is 48.5 Å². The van der Waals surface area contributed by atoms with Crippen molar-refractivity contribution in [3.8, 4) is 0 Å². The second-order valence-corrected chi connectivity index (χ2v) is 29.4. The first-order valence-corrected chi connectivity index (χ1v) is 35.7. The van der Waals surface area contributed by atoms with Gasteiger partial charge in [-0.3, -0.25) is 62.3 Å². The average Bonchev–Trinajstić information content (AvgIpc) is 0.824. The SMILES string of the molecule is CCC(C)[C@@H]1NC(=O)CCNC(=O)[C@H](C(C)CC)N(C)C(=O)[C@@H](C(C)C)NC(=O)CCN(C)C(=O)[C@@H](NC(=O)[C@@H](CC(C)C)N(C)C(=O)[C@H](NC(=O)COC)C(C)C)[C@H](C)OC(=O)[C@@H](CC(C)C)N(C)C(=O)[C@H](CC(C)C)NC(=O)[C@@H](C)NC(=O)[C@@H](C)N(C)C(=O)[C@@H](C(C)CC)N(C)C1=O. The largest absolute Gasteiger partial charge is 0.458 e. The monoisotopic (exact) mass is 1420 g/mol. The minimum Gasteiger partial charge on any atom is -0.458 e. The molecule has 0 aliphatic carbocycles. The Morgan fingerprint density at radius 3 is 1.62 bits per heavy atom. The quantitative estimate of drug-likeness (QED) is 0.0812. The molecule has 29 heteroatoms. The number of likely N-dealkylation sites (N-methyl/N-ethyl adjacent to an activating group) is 6. The Hall–Kier alpha value is -7.46. The molecule has 100 heavy (non-hydrogen) atoms. The van der Waals surface area contributed by atoms with Gasteiger partial charge in [0.05, 0.1) is 0 Å². The minimum absolute atomic E-state index is 0.00597. The summed E-state index contributed by atoms with van der Waals surface area (Å²) in [5.41, 5.74) is 0. The molecule has 1 saturated heterocycles. The van der Waals surface area contributed by atoms with Crippen LogP contribution in [0.3, 0.4) is 0 Å². The van der Waals surface area contributed by atoms with Crippen molar-refractivity contribution in [1.29, 1.82) is 0 Å². The first-order valence-electron chi connectivity index (χ1n) is 35.7. The van der Waals surface area contributed by atoms with Gasteiger partial charge in [0.15, 0.2) is 0 Å². The van der Waals surface area contributed by atoms with Gasteiger partial charge in [-0.25, -0.2) is 4.79 Å². The number of carbonyl (C=O) groups is 14. The van der Waals surface area contributed by atoms with E-state index in [9.17, 15) is 62.3 Å². The number of cyclic esters (lactones) is 1. The number of hydrogen-bond acceptors (Lipinski definition) is 16. The standard InChI is InChI=1S/C71H127N13O16/c1-27-43(14)57-69(96)84(25)60(45(16)29-3)70(97)80(21)47(18)62(89)73-46(17)61(88)74-49(34-38(4)5)65(92)82(23)51(36-40(8)9)71(98)100-48(19)58(78-63(90)50(35-39(6)7)81(22)67(94)55(41(10)11)77-54(87)37-99-26)66(93)79(20)33-31-53(86)75-56(42(12)13)68(95)83(24)59(44(15)28-2)64(91)72-32-30-52(85)76-57/h38-51,55-60H,27-37H2,1-26H3,(H,72,91)(H,73,89)(H,74,88)(H,75,86)(H,76,85)(H,77,87)(H,78,90)/t43?,44?,45?,46-,47-,48+,49+,50-,51-,55-,56-,57+,58+,59+,60-/m1/s1. The maximum atomic E-state index is 15.1. The molecule has 572 valence electrons. The average molecular weight is 1420 g/mol. The van der Waals surface area contributed by atoms with Crippen LogP contribution in [0.2, 0.25) is 0 Å². The Bertz CT molecular complexity index is 2780. The molecule has 13 amide bonds. The first-order chi connectivity index (χ1) is 46.4. The number of hydrogen-bond donors (Lipinski definition) is 7. The molecule has 1 rings (SSSR count). The van der Waals surface area contributed by atoms with Crippen LogP contribution in [0.5, 0.6) is 0 Å². The van der Waals surface area contributed by atoms with E-state index in [-0.39, 0.29) is 63.1 Å². The lowest BCUT2D eigenvalue weighted by atomic mass is 9.93. The molecule has 1 heterocycles. The number of ether oxygens (including phenoxy) is 2. The van der Waals surface area contributed by atoms with Crippen LogP contribution in [0.1, 0.15) is 183 Å². The maximum Gasteiger partial charge on any atom is 0.329 e. The summed E-state index contributed by atoms with van der Waals surface area (Å²) in [6.07, 6.45) is -0.770. The summed E-state index contributed by atoms with van der Waals surface area (Å²) in [6, 6.07) is -13.8. The Kier molecular flexibility index (Phi) is 38.7. The molecule has 1 aliphatic heterocycles. The molecule has 0 aromatic rings. The van der Waals surface area contributed by atoms with Crippen molar-refractivity contribution in [2.24, 2.45) is 47.3 Å². The summed E-state index contributed by atoms with van der Waals surface area (Å²) in [6.45, 7) is 31.9. The smallest absolute Gasteiger partial charge is 0.329 e. The van der Waals surface area contributed by atoms with E-state index in [2.05, 4.69) is 37.2 Å². The Labute approximate surface area is 595 Å². The fourth-order valence-electron chi connectivity index (χ4n) is 11.8. The van der Waals surface area contributed by atoms with E-state index in [4.69, 9.17) is 9.47 Å². The fraction of sp³-hybridized carbons (Fsp3) is 0.803. The molecule has 0 bridgehead atoms. The van der Waals surface area contributed by atoms with Gasteiger partial charge < -0.3 is 76.1 Å². The predicted octanol–water partition coefficient (Wildman–Crippen LogP) is 2.61. The molecule has 0 aromatic heterocycles. The lowest BCUT2D eigenvalue weighted by Gasteiger charge is -2.38. The third-order valence-corrected chi connectivity index (χ3v) is 19.0. The summed E-state index contributed by atoms with van der Waals surface area (Å²) in [4.78, 5) is 208. The van der Waals surface area contributed by atoms with E-state index < -0.39 is 191 Å².